The number of nitrogens with zero attached hydrogens (tertiary/aromatic N) is 1. The van der Waals surface area contributed by atoms with E-state index in [1.54, 1.807) is 24.0 Å². The van der Waals surface area contributed by atoms with E-state index in [0.717, 1.165) is 12.0 Å². The van der Waals surface area contributed by atoms with Crippen molar-refractivity contribution in [2.75, 3.05) is 18.4 Å². The van der Waals surface area contributed by atoms with Gasteiger partial charge in [0.1, 0.15) is 5.54 Å². The number of aryl methyl sites for hydroxylation is 1. The molecule has 1 heterocycles. The van der Waals surface area contributed by atoms with Gasteiger partial charge in [0, 0.05) is 10.7 Å². The first-order chi connectivity index (χ1) is 9.83. The van der Waals surface area contributed by atoms with Gasteiger partial charge in [-0.05, 0) is 50.9 Å². The molecule has 1 aliphatic heterocycles. The lowest BCUT2D eigenvalue weighted by molar-refractivity contribution is -0.149. The average molecular weight is 311 g/mol. The van der Waals surface area contributed by atoms with Crippen LogP contribution in [0.5, 0.6) is 0 Å². The highest BCUT2D eigenvalue weighted by Gasteiger charge is 2.43. The van der Waals surface area contributed by atoms with Gasteiger partial charge in [-0.15, -0.1) is 0 Å². The van der Waals surface area contributed by atoms with Crippen molar-refractivity contribution in [3.8, 4) is 0 Å². The molecule has 1 saturated heterocycles. The molecular formula is C15H19ClN2O3. The Morgan fingerprint density at radius 3 is 2.86 bits per heavy atom. The van der Waals surface area contributed by atoms with Crippen LogP contribution in [0.2, 0.25) is 5.02 Å². The van der Waals surface area contributed by atoms with Crippen LogP contribution in [0.1, 0.15) is 25.3 Å². The smallest absolute Gasteiger partial charge is 0.323 e. The summed E-state index contributed by atoms with van der Waals surface area (Å²) in [5.74, 6) is -1.11. The summed E-state index contributed by atoms with van der Waals surface area (Å²) < 4.78 is 0. The molecule has 2 rings (SSSR count). The van der Waals surface area contributed by atoms with E-state index in [1.807, 2.05) is 13.0 Å². The number of nitrogens with one attached hydrogen (secondary N) is 1. The fourth-order valence-electron chi connectivity index (χ4n) is 2.61. The standard InChI is InChI=1S/C15H19ClN2O3/c1-10-4-5-11(16)8-12(10)17-13(19)9-18-7-3-6-15(18,2)14(20)21/h4-5,8H,3,6-7,9H2,1-2H3,(H,17,19)(H,20,21). The summed E-state index contributed by atoms with van der Waals surface area (Å²) in [6.45, 7) is 4.23. The average Bonchev–Trinajstić information content (AvgIpc) is 2.77. The molecule has 1 aliphatic rings. The highest BCUT2D eigenvalue weighted by Crippen LogP contribution is 2.29. The van der Waals surface area contributed by atoms with Gasteiger partial charge in [-0.2, -0.15) is 0 Å². The summed E-state index contributed by atoms with van der Waals surface area (Å²) in [4.78, 5) is 25.2. The van der Waals surface area contributed by atoms with Crippen LogP contribution in [-0.2, 0) is 9.59 Å². The summed E-state index contributed by atoms with van der Waals surface area (Å²) >= 11 is 5.92. The molecule has 5 nitrogen and oxygen atoms in total. The Kier molecular flexibility index (Phi) is 4.54. The van der Waals surface area contributed by atoms with Crippen LogP contribution in [-0.4, -0.2) is 40.5 Å². The fraction of sp³-hybridized carbons (Fsp3) is 0.467. The van der Waals surface area contributed by atoms with Crippen molar-refractivity contribution in [3.05, 3.63) is 28.8 Å². The number of hydrogen-bond acceptors (Lipinski definition) is 3. The molecule has 0 bridgehead atoms. The highest BCUT2D eigenvalue weighted by molar-refractivity contribution is 6.31. The number of hydrogen-bond donors (Lipinski definition) is 2. The van der Waals surface area contributed by atoms with E-state index in [9.17, 15) is 14.7 Å². The number of anilines is 1. The maximum Gasteiger partial charge on any atom is 0.323 e. The number of aliphatic carboxylic acids is 1. The first kappa shape index (κ1) is 15.8. The lowest BCUT2D eigenvalue weighted by Crippen LogP contribution is -2.50. The Labute approximate surface area is 128 Å². The topological polar surface area (TPSA) is 69.6 Å². The maximum absolute atomic E-state index is 12.2. The first-order valence-corrected chi connectivity index (χ1v) is 7.25. The zero-order valence-electron chi connectivity index (χ0n) is 12.1. The van der Waals surface area contributed by atoms with Gasteiger partial charge in [-0.1, -0.05) is 17.7 Å². The van der Waals surface area contributed by atoms with Crippen LogP contribution >= 0.6 is 11.6 Å². The molecule has 1 amide bonds. The molecule has 1 fully saturated rings. The number of carbonyl (C=O) groups excluding carboxylic acids is 1. The van der Waals surface area contributed by atoms with Crippen LogP contribution < -0.4 is 5.32 Å². The molecule has 1 atom stereocenters. The van der Waals surface area contributed by atoms with Gasteiger partial charge in [-0.3, -0.25) is 14.5 Å². The Balaban J connectivity index is 2.05. The Bertz CT molecular complexity index is 576. The quantitative estimate of drug-likeness (QED) is 0.896. The van der Waals surface area contributed by atoms with E-state index in [-0.39, 0.29) is 12.5 Å². The lowest BCUT2D eigenvalue weighted by Gasteiger charge is -2.30. The van der Waals surface area contributed by atoms with Gasteiger partial charge < -0.3 is 10.4 Å². The van der Waals surface area contributed by atoms with Gasteiger partial charge in [0.25, 0.3) is 0 Å². The number of likely N-dealkylation sites (tertiary alicyclic amines) is 1. The van der Waals surface area contributed by atoms with Crippen LogP contribution in [0.4, 0.5) is 5.69 Å². The Hall–Kier alpha value is -1.59. The minimum atomic E-state index is -0.958. The molecule has 1 unspecified atom stereocenters. The molecule has 0 saturated carbocycles. The van der Waals surface area contributed by atoms with Crippen LogP contribution in [0, 0.1) is 6.92 Å². The molecule has 0 aromatic heterocycles. The fourth-order valence-corrected chi connectivity index (χ4v) is 2.78. The number of rotatable bonds is 4. The predicted octanol–water partition coefficient (Wildman–Crippen LogP) is 2.53. The molecule has 21 heavy (non-hydrogen) atoms. The normalized spacial score (nSPS) is 22.2. The van der Waals surface area contributed by atoms with E-state index in [2.05, 4.69) is 5.32 Å². The molecule has 114 valence electrons. The third kappa shape index (κ3) is 3.36. The van der Waals surface area contributed by atoms with Crippen molar-refractivity contribution in [1.82, 2.24) is 4.90 Å². The largest absolute Gasteiger partial charge is 0.480 e. The number of carbonyl (C=O) groups is 2. The molecule has 1 aromatic rings. The molecule has 1 aromatic carbocycles. The minimum absolute atomic E-state index is 0.0642. The third-order valence-electron chi connectivity index (χ3n) is 4.06. The second-order valence-corrected chi connectivity index (χ2v) is 6.05. The Morgan fingerprint density at radius 1 is 1.48 bits per heavy atom. The summed E-state index contributed by atoms with van der Waals surface area (Å²) in [6, 6.07) is 5.28. The van der Waals surface area contributed by atoms with Crippen LogP contribution in [0.25, 0.3) is 0 Å². The molecule has 0 aliphatic carbocycles. The highest BCUT2D eigenvalue weighted by atomic mass is 35.5. The molecule has 0 radical (unpaired) electrons. The number of carboxylic acid groups (broad SMARTS) is 1. The van der Waals surface area contributed by atoms with Crippen molar-refractivity contribution in [1.29, 1.82) is 0 Å². The van der Waals surface area contributed by atoms with Crippen molar-refractivity contribution in [3.63, 3.8) is 0 Å². The number of carboxylic acids is 1. The van der Waals surface area contributed by atoms with Crippen molar-refractivity contribution in [2.24, 2.45) is 0 Å². The van der Waals surface area contributed by atoms with Gasteiger partial charge in [0.05, 0.1) is 6.54 Å². The number of amides is 1. The number of benzene rings is 1. The van der Waals surface area contributed by atoms with E-state index < -0.39 is 11.5 Å². The Morgan fingerprint density at radius 2 is 2.19 bits per heavy atom. The summed E-state index contributed by atoms with van der Waals surface area (Å²) in [6.07, 6.45) is 1.35. The van der Waals surface area contributed by atoms with Gasteiger partial charge >= 0.3 is 5.97 Å². The third-order valence-corrected chi connectivity index (χ3v) is 4.29. The molecule has 0 spiro atoms. The van der Waals surface area contributed by atoms with Gasteiger partial charge in [-0.25, -0.2) is 0 Å². The SMILES string of the molecule is Cc1ccc(Cl)cc1NC(=O)CN1CCCC1(C)C(=O)O. The van der Waals surface area contributed by atoms with Crippen LogP contribution in [0.15, 0.2) is 18.2 Å². The maximum atomic E-state index is 12.2. The second kappa shape index (κ2) is 6.03. The summed E-state index contributed by atoms with van der Waals surface area (Å²) in [5, 5.41) is 12.7. The number of halogens is 1. The summed E-state index contributed by atoms with van der Waals surface area (Å²) in [7, 11) is 0. The van der Waals surface area contributed by atoms with E-state index in [1.165, 1.54) is 0 Å². The van der Waals surface area contributed by atoms with E-state index in [4.69, 9.17) is 11.6 Å². The first-order valence-electron chi connectivity index (χ1n) is 6.87. The predicted molar refractivity (Wildman–Crippen MR) is 81.7 cm³/mol. The summed E-state index contributed by atoms with van der Waals surface area (Å²) in [5.41, 5.74) is 0.611. The zero-order chi connectivity index (χ0) is 15.6. The van der Waals surface area contributed by atoms with Gasteiger partial charge in [0.15, 0.2) is 0 Å². The molecule has 2 N–H and O–H groups in total. The van der Waals surface area contributed by atoms with Crippen molar-refractivity contribution >= 4 is 29.2 Å². The van der Waals surface area contributed by atoms with Crippen molar-refractivity contribution in [2.45, 2.75) is 32.2 Å². The minimum Gasteiger partial charge on any atom is -0.480 e. The molecule has 6 heteroatoms. The van der Waals surface area contributed by atoms with E-state index >= 15 is 0 Å². The zero-order valence-corrected chi connectivity index (χ0v) is 12.9. The van der Waals surface area contributed by atoms with Gasteiger partial charge in [0.2, 0.25) is 5.91 Å². The van der Waals surface area contributed by atoms with E-state index in [0.29, 0.717) is 23.7 Å². The monoisotopic (exact) mass is 310 g/mol. The second-order valence-electron chi connectivity index (χ2n) is 5.61. The van der Waals surface area contributed by atoms with Crippen molar-refractivity contribution < 1.29 is 14.7 Å². The molecular weight excluding hydrogens is 292 g/mol. The van der Waals surface area contributed by atoms with Crippen LogP contribution in [0.3, 0.4) is 0 Å². The lowest BCUT2D eigenvalue weighted by atomic mass is 9.99.